The van der Waals surface area contributed by atoms with Gasteiger partial charge in [-0.05, 0) is 63.5 Å². The zero-order valence-corrected chi connectivity index (χ0v) is 16.3. The summed E-state index contributed by atoms with van der Waals surface area (Å²) < 4.78 is 0. The van der Waals surface area contributed by atoms with Gasteiger partial charge < -0.3 is 15.3 Å². The number of carbonyl (C=O) groups excluding carboxylic acids is 1. The quantitative estimate of drug-likeness (QED) is 0.616. The van der Waals surface area contributed by atoms with Gasteiger partial charge in [-0.3, -0.25) is 10.1 Å². The molecule has 27 heavy (non-hydrogen) atoms. The number of anilines is 1. The van der Waals surface area contributed by atoms with Gasteiger partial charge in [0.15, 0.2) is 0 Å². The van der Waals surface area contributed by atoms with E-state index in [1.54, 1.807) is 19.9 Å². The maximum Gasteiger partial charge on any atom is 0.322 e. The van der Waals surface area contributed by atoms with E-state index in [-0.39, 0.29) is 29.8 Å². The number of aliphatic hydroxyl groups is 1. The number of urea groups is 1. The fourth-order valence-electron chi connectivity index (χ4n) is 4.63. The molecule has 1 saturated heterocycles. The number of nitrogens with zero attached hydrogens (tertiary/aromatic N) is 2. The molecule has 1 aliphatic carbocycles. The Morgan fingerprint density at radius 1 is 1.26 bits per heavy atom. The molecule has 0 aromatic heterocycles. The van der Waals surface area contributed by atoms with Crippen molar-refractivity contribution in [1.82, 2.24) is 4.90 Å². The summed E-state index contributed by atoms with van der Waals surface area (Å²) in [7, 11) is 0. The topological polar surface area (TPSA) is 95.7 Å². The van der Waals surface area contributed by atoms with Crippen molar-refractivity contribution in [2.75, 3.05) is 11.9 Å². The van der Waals surface area contributed by atoms with Crippen molar-refractivity contribution in [2.45, 2.75) is 65.0 Å². The Labute approximate surface area is 159 Å². The summed E-state index contributed by atoms with van der Waals surface area (Å²) in [6.45, 7) is 6.32. The van der Waals surface area contributed by atoms with E-state index < -0.39 is 4.92 Å². The molecule has 2 N–H and O–H groups in total. The van der Waals surface area contributed by atoms with Gasteiger partial charge in [-0.15, -0.1) is 0 Å². The molecule has 148 valence electrons. The van der Waals surface area contributed by atoms with E-state index in [0.717, 1.165) is 32.1 Å². The third kappa shape index (κ3) is 4.08. The van der Waals surface area contributed by atoms with Gasteiger partial charge in [-0.25, -0.2) is 4.79 Å². The minimum Gasteiger partial charge on any atom is -0.393 e. The van der Waals surface area contributed by atoms with Crippen LogP contribution in [-0.2, 0) is 0 Å². The van der Waals surface area contributed by atoms with Crippen molar-refractivity contribution in [3.05, 3.63) is 33.4 Å². The second-order valence-corrected chi connectivity index (χ2v) is 8.19. The highest BCUT2D eigenvalue weighted by molar-refractivity contribution is 5.91. The van der Waals surface area contributed by atoms with Gasteiger partial charge in [0.2, 0.25) is 0 Å². The Balaban J connectivity index is 1.75. The molecule has 0 bridgehead atoms. The molecular formula is C20H29N3O4. The molecule has 1 saturated carbocycles. The summed E-state index contributed by atoms with van der Waals surface area (Å²) in [6, 6.07) is 3.04. The molecule has 1 aromatic carbocycles. The first-order chi connectivity index (χ1) is 12.8. The number of benzene rings is 1. The summed E-state index contributed by atoms with van der Waals surface area (Å²) in [6.07, 6.45) is 4.30. The largest absolute Gasteiger partial charge is 0.393 e. The van der Waals surface area contributed by atoms with E-state index in [2.05, 4.69) is 12.2 Å². The first kappa shape index (κ1) is 19.6. The standard InChI is InChI=1S/C20H29N3O4/c1-12-6-7-19(24)15(9-12)17-5-4-8-22(17)20(25)21-16-10-14(3)18(23(26)27)11-13(16)2/h10-12,15,17,19,24H,4-9H2,1-3H3,(H,21,25). The number of aliphatic hydroxyl groups excluding tert-OH is 1. The number of hydrogen-bond acceptors (Lipinski definition) is 4. The fourth-order valence-corrected chi connectivity index (χ4v) is 4.63. The van der Waals surface area contributed by atoms with Crippen LogP contribution in [0.25, 0.3) is 0 Å². The number of nitro groups is 1. The van der Waals surface area contributed by atoms with Crippen LogP contribution in [0.15, 0.2) is 12.1 Å². The highest BCUT2D eigenvalue weighted by Gasteiger charge is 2.40. The van der Waals surface area contributed by atoms with E-state index in [4.69, 9.17) is 0 Å². The van der Waals surface area contributed by atoms with Crippen LogP contribution in [0.1, 0.15) is 50.2 Å². The zero-order valence-electron chi connectivity index (χ0n) is 16.3. The first-order valence-electron chi connectivity index (χ1n) is 9.79. The summed E-state index contributed by atoms with van der Waals surface area (Å²) in [5, 5.41) is 24.5. The number of nitro benzene ring substituents is 1. The van der Waals surface area contributed by atoms with Crippen LogP contribution in [0.3, 0.4) is 0 Å². The molecule has 2 fully saturated rings. The minimum absolute atomic E-state index is 0.0576. The number of hydrogen-bond donors (Lipinski definition) is 2. The third-order valence-electron chi connectivity index (χ3n) is 6.16. The lowest BCUT2D eigenvalue weighted by Gasteiger charge is -2.39. The second-order valence-electron chi connectivity index (χ2n) is 8.19. The minimum atomic E-state index is -0.407. The van der Waals surface area contributed by atoms with E-state index in [1.165, 1.54) is 6.07 Å². The van der Waals surface area contributed by atoms with Gasteiger partial charge in [0.05, 0.1) is 11.0 Å². The van der Waals surface area contributed by atoms with Crippen molar-refractivity contribution in [2.24, 2.45) is 11.8 Å². The third-order valence-corrected chi connectivity index (χ3v) is 6.16. The van der Waals surface area contributed by atoms with Crippen LogP contribution in [0.5, 0.6) is 0 Å². The Morgan fingerprint density at radius 2 is 2.00 bits per heavy atom. The maximum atomic E-state index is 12.9. The Hall–Kier alpha value is -2.15. The van der Waals surface area contributed by atoms with Crippen molar-refractivity contribution in [1.29, 1.82) is 0 Å². The number of likely N-dealkylation sites (tertiary alicyclic amines) is 1. The van der Waals surface area contributed by atoms with Gasteiger partial charge in [0, 0.05) is 35.8 Å². The monoisotopic (exact) mass is 375 g/mol. The number of aryl methyl sites for hydroxylation is 2. The van der Waals surface area contributed by atoms with Crippen LogP contribution in [0.2, 0.25) is 0 Å². The molecule has 1 heterocycles. The van der Waals surface area contributed by atoms with Crippen LogP contribution in [0.4, 0.5) is 16.2 Å². The molecule has 1 aliphatic heterocycles. The summed E-state index contributed by atoms with van der Waals surface area (Å²) in [5.74, 6) is 0.699. The maximum absolute atomic E-state index is 12.9. The predicted octanol–water partition coefficient (Wildman–Crippen LogP) is 4.01. The van der Waals surface area contributed by atoms with E-state index in [0.29, 0.717) is 29.3 Å². The van der Waals surface area contributed by atoms with Crippen molar-refractivity contribution in [3.63, 3.8) is 0 Å². The summed E-state index contributed by atoms with van der Waals surface area (Å²) in [5.41, 5.74) is 1.85. The Kier molecular flexibility index (Phi) is 5.69. The Morgan fingerprint density at radius 3 is 2.70 bits per heavy atom. The lowest BCUT2D eigenvalue weighted by atomic mass is 9.76. The first-order valence-corrected chi connectivity index (χ1v) is 9.79. The highest BCUT2D eigenvalue weighted by Crippen LogP contribution is 2.37. The van der Waals surface area contributed by atoms with Gasteiger partial charge >= 0.3 is 6.03 Å². The molecular weight excluding hydrogens is 346 g/mol. The average molecular weight is 375 g/mol. The van der Waals surface area contributed by atoms with Gasteiger partial charge in [0.1, 0.15) is 0 Å². The summed E-state index contributed by atoms with van der Waals surface area (Å²) in [4.78, 5) is 25.5. The van der Waals surface area contributed by atoms with Crippen molar-refractivity contribution < 1.29 is 14.8 Å². The molecule has 0 spiro atoms. The molecule has 2 amide bonds. The molecule has 3 rings (SSSR count). The molecule has 4 atom stereocenters. The smallest absolute Gasteiger partial charge is 0.322 e. The van der Waals surface area contributed by atoms with Crippen LogP contribution in [0, 0.1) is 35.8 Å². The number of carbonyl (C=O) groups is 1. The number of amides is 2. The highest BCUT2D eigenvalue weighted by atomic mass is 16.6. The zero-order chi connectivity index (χ0) is 19.7. The van der Waals surface area contributed by atoms with Crippen molar-refractivity contribution >= 4 is 17.4 Å². The van der Waals surface area contributed by atoms with E-state index >= 15 is 0 Å². The van der Waals surface area contributed by atoms with Gasteiger partial charge in [0.25, 0.3) is 5.69 Å². The molecule has 7 heteroatoms. The molecule has 7 nitrogen and oxygen atoms in total. The number of rotatable bonds is 3. The normalized spacial score (nSPS) is 28.2. The lowest BCUT2D eigenvalue weighted by Crippen LogP contribution is -2.47. The summed E-state index contributed by atoms with van der Waals surface area (Å²) >= 11 is 0. The van der Waals surface area contributed by atoms with Crippen LogP contribution >= 0.6 is 0 Å². The molecule has 4 unspecified atom stereocenters. The predicted molar refractivity (Wildman–Crippen MR) is 104 cm³/mol. The van der Waals surface area contributed by atoms with Crippen LogP contribution < -0.4 is 5.32 Å². The SMILES string of the molecule is Cc1cc([N+](=O)[O-])c(C)cc1NC(=O)N1CCCC1C1CC(C)CCC1O. The fraction of sp³-hybridized carbons (Fsp3) is 0.650. The van der Waals surface area contributed by atoms with E-state index in [9.17, 15) is 20.0 Å². The second kappa shape index (κ2) is 7.84. The lowest BCUT2D eigenvalue weighted by molar-refractivity contribution is -0.385. The van der Waals surface area contributed by atoms with Crippen LogP contribution in [-0.4, -0.2) is 39.7 Å². The van der Waals surface area contributed by atoms with E-state index in [1.807, 2.05) is 4.90 Å². The molecule has 1 aromatic rings. The molecule has 2 aliphatic rings. The number of nitrogens with one attached hydrogen (secondary N) is 1. The molecule has 0 radical (unpaired) electrons. The Bertz CT molecular complexity index is 736. The average Bonchev–Trinajstić information content (AvgIpc) is 3.09. The van der Waals surface area contributed by atoms with Gasteiger partial charge in [-0.2, -0.15) is 0 Å². The van der Waals surface area contributed by atoms with Crippen molar-refractivity contribution in [3.8, 4) is 0 Å². The van der Waals surface area contributed by atoms with Gasteiger partial charge in [-0.1, -0.05) is 6.92 Å².